The fraction of sp³-hybridized carbons (Fsp3) is 0.0435. The average molecular weight is 364 g/mol. The molecule has 28 heavy (non-hydrogen) atoms. The number of rotatable bonds is 4. The lowest BCUT2D eigenvalue weighted by molar-refractivity contribution is -0.107. The molecule has 2 aromatic carbocycles. The number of anilines is 1. The van der Waals surface area contributed by atoms with Gasteiger partial charge < -0.3 is 9.69 Å². The molecule has 0 saturated heterocycles. The number of nitrogens with zero attached hydrogens (tertiary/aromatic N) is 4. The highest BCUT2D eigenvalue weighted by Gasteiger charge is 2.28. The van der Waals surface area contributed by atoms with Gasteiger partial charge in [-0.05, 0) is 41.5 Å². The van der Waals surface area contributed by atoms with Crippen molar-refractivity contribution in [2.45, 2.75) is 6.04 Å². The zero-order valence-corrected chi connectivity index (χ0v) is 14.9. The standard InChI is InChI=1S/C23H16N4O/c24-14-17-7-4-5-10-20(17)21-13-18(23-25-11-6-12-26-23)15-27(22(21)16-28)19-8-2-1-3-9-19/h1-13,15-16,22H. The molecule has 0 amide bonds. The van der Waals surface area contributed by atoms with Gasteiger partial charge in [-0.1, -0.05) is 36.4 Å². The van der Waals surface area contributed by atoms with Crippen LogP contribution in [0.25, 0.3) is 11.1 Å². The number of nitriles is 1. The van der Waals surface area contributed by atoms with Gasteiger partial charge in [0.05, 0.1) is 11.6 Å². The molecule has 1 aliphatic heterocycles. The van der Waals surface area contributed by atoms with Gasteiger partial charge in [-0.2, -0.15) is 5.26 Å². The molecule has 1 aromatic heterocycles. The van der Waals surface area contributed by atoms with E-state index < -0.39 is 6.04 Å². The summed E-state index contributed by atoms with van der Waals surface area (Å²) in [5.41, 5.74) is 3.62. The summed E-state index contributed by atoms with van der Waals surface area (Å²) in [6, 6.07) is 20.3. The molecule has 0 N–H and O–H groups in total. The van der Waals surface area contributed by atoms with E-state index in [4.69, 9.17) is 0 Å². The fourth-order valence-electron chi connectivity index (χ4n) is 3.28. The van der Waals surface area contributed by atoms with E-state index in [1.54, 1.807) is 24.5 Å². The number of hydrogen-bond acceptors (Lipinski definition) is 5. The Morgan fingerprint density at radius 1 is 0.964 bits per heavy atom. The van der Waals surface area contributed by atoms with Crippen LogP contribution < -0.4 is 4.90 Å². The molecule has 4 rings (SSSR count). The molecular weight excluding hydrogens is 348 g/mol. The van der Waals surface area contributed by atoms with Gasteiger partial charge in [-0.3, -0.25) is 0 Å². The van der Waals surface area contributed by atoms with Crippen molar-refractivity contribution in [1.82, 2.24) is 9.97 Å². The average Bonchev–Trinajstić information content (AvgIpc) is 2.79. The van der Waals surface area contributed by atoms with Crippen LogP contribution in [0.3, 0.4) is 0 Å². The van der Waals surface area contributed by atoms with Crippen LogP contribution in [-0.4, -0.2) is 22.3 Å². The number of allylic oxidation sites excluding steroid dienone is 2. The normalized spacial score (nSPS) is 16.0. The second-order valence-corrected chi connectivity index (χ2v) is 6.24. The van der Waals surface area contributed by atoms with Crippen LogP contribution in [0.5, 0.6) is 0 Å². The first-order valence-corrected chi connectivity index (χ1v) is 8.81. The van der Waals surface area contributed by atoms with Crippen LogP contribution in [0.15, 0.2) is 85.3 Å². The first-order chi connectivity index (χ1) is 13.8. The third kappa shape index (κ3) is 3.19. The van der Waals surface area contributed by atoms with E-state index in [1.807, 2.05) is 65.7 Å². The van der Waals surface area contributed by atoms with Crippen LogP contribution in [0, 0.1) is 11.3 Å². The van der Waals surface area contributed by atoms with Gasteiger partial charge >= 0.3 is 0 Å². The maximum atomic E-state index is 12.1. The summed E-state index contributed by atoms with van der Waals surface area (Å²) in [6.45, 7) is 0. The Labute approximate surface area is 162 Å². The molecule has 1 unspecified atom stereocenters. The number of aldehydes is 1. The van der Waals surface area contributed by atoms with Crippen molar-refractivity contribution in [3.8, 4) is 6.07 Å². The van der Waals surface area contributed by atoms with Crippen molar-refractivity contribution >= 4 is 23.1 Å². The SMILES string of the molecule is N#Cc1ccccc1C1=CC(c2ncccn2)=CN(c2ccccc2)C1C=O. The molecule has 0 bridgehead atoms. The number of hydrogen-bond donors (Lipinski definition) is 0. The highest BCUT2D eigenvalue weighted by atomic mass is 16.1. The van der Waals surface area contributed by atoms with E-state index in [0.29, 0.717) is 11.4 Å². The maximum absolute atomic E-state index is 12.1. The Kier molecular flexibility index (Phi) is 4.77. The summed E-state index contributed by atoms with van der Waals surface area (Å²) in [5, 5.41) is 9.56. The second-order valence-electron chi connectivity index (χ2n) is 6.24. The van der Waals surface area contributed by atoms with Gasteiger partial charge in [0.1, 0.15) is 12.3 Å². The van der Waals surface area contributed by atoms with Crippen molar-refractivity contribution in [2.24, 2.45) is 0 Å². The highest BCUT2D eigenvalue weighted by molar-refractivity contribution is 5.98. The molecule has 5 heteroatoms. The van der Waals surface area contributed by atoms with Crippen LogP contribution >= 0.6 is 0 Å². The molecule has 134 valence electrons. The lowest BCUT2D eigenvalue weighted by Gasteiger charge is -2.33. The third-order valence-electron chi connectivity index (χ3n) is 4.57. The van der Waals surface area contributed by atoms with E-state index in [0.717, 1.165) is 28.7 Å². The van der Waals surface area contributed by atoms with E-state index in [2.05, 4.69) is 16.0 Å². The fourth-order valence-corrected chi connectivity index (χ4v) is 3.28. The van der Waals surface area contributed by atoms with Crippen LogP contribution in [0.1, 0.15) is 17.0 Å². The molecular formula is C23H16N4O. The quantitative estimate of drug-likeness (QED) is 0.658. The molecule has 0 radical (unpaired) electrons. The predicted molar refractivity (Wildman–Crippen MR) is 108 cm³/mol. The van der Waals surface area contributed by atoms with Crippen LogP contribution in [0.4, 0.5) is 5.69 Å². The number of carbonyl (C=O) groups is 1. The largest absolute Gasteiger partial charge is 0.333 e. The first-order valence-electron chi connectivity index (χ1n) is 8.81. The Balaban J connectivity index is 1.93. The van der Waals surface area contributed by atoms with Gasteiger partial charge in [0.25, 0.3) is 0 Å². The first kappa shape index (κ1) is 17.4. The summed E-state index contributed by atoms with van der Waals surface area (Å²) >= 11 is 0. The summed E-state index contributed by atoms with van der Waals surface area (Å²) in [6.07, 6.45) is 8.02. The minimum absolute atomic E-state index is 0.517. The highest BCUT2D eigenvalue weighted by Crippen LogP contribution is 2.35. The van der Waals surface area contributed by atoms with E-state index >= 15 is 0 Å². The zero-order chi connectivity index (χ0) is 19.3. The lowest BCUT2D eigenvalue weighted by atomic mass is 9.90. The monoisotopic (exact) mass is 364 g/mol. The summed E-state index contributed by atoms with van der Waals surface area (Å²) < 4.78 is 0. The Morgan fingerprint density at radius 2 is 1.68 bits per heavy atom. The lowest BCUT2D eigenvalue weighted by Crippen LogP contribution is -2.36. The predicted octanol–water partition coefficient (Wildman–Crippen LogP) is 3.86. The minimum Gasteiger partial charge on any atom is -0.333 e. The van der Waals surface area contributed by atoms with Gasteiger partial charge in [-0.15, -0.1) is 0 Å². The van der Waals surface area contributed by atoms with Gasteiger partial charge in [0, 0.05) is 29.9 Å². The molecule has 3 aromatic rings. The van der Waals surface area contributed by atoms with Gasteiger partial charge in [-0.25, -0.2) is 9.97 Å². The zero-order valence-electron chi connectivity index (χ0n) is 14.9. The van der Waals surface area contributed by atoms with Gasteiger partial charge in [0.15, 0.2) is 5.82 Å². The number of benzene rings is 2. The van der Waals surface area contributed by atoms with Crippen LogP contribution in [-0.2, 0) is 4.79 Å². The van der Waals surface area contributed by atoms with Gasteiger partial charge in [0.2, 0.25) is 0 Å². The molecule has 0 aliphatic carbocycles. The van der Waals surface area contributed by atoms with E-state index in [1.165, 1.54) is 0 Å². The number of carbonyl (C=O) groups excluding carboxylic acids is 1. The topological polar surface area (TPSA) is 69.9 Å². The molecule has 2 heterocycles. The summed E-state index contributed by atoms with van der Waals surface area (Å²) in [4.78, 5) is 22.7. The smallest absolute Gasteiger partial charge is 0.160 e. The van der Waals surface area contributed by atoms with Crippen molar-refractivity contribution in [2.75, 3.05) is 4.90 Å². The number of para-hydroxylation sites is 1. The molecule has 1 atom stereocenters. The van der Waals surface area contributed by atoms with Crippen molar-refractivity contribution in [3.05, 3.63) is 102 Å². The van der Waals surface area contributed by atoms with Crippen molar-refractivity contribution < 1.29 is 4.79 Å². The van der Waals surface area contributed by atoms with Crippen molar-refractivity contribution in [3.63, 3.8) is 0 Å². The summed E-state index contributed by atoms with van der Waals surface area (Å²) in [5.74, 6) is 0.555. The number of aromatic nitrogens is 2. The molecule has 0 saturated carbocycles. The maximum Gasteiger partial charge on any atom is 0.160 e. The Hall–Kier alpha value is -4.04. The van der Waals surface area contributed by atoms with E-state index in [-0.39, 0.29) is 0 Å². The van der Waals surface area contributed by atoms with E-state index in [9.17, 15) is 10.1 Å². The molecule has 5 nitrogen and oxygen atoms in total. The minimum atomic E-state index is -0.565. The summed E-state index contributed by atoms with van der Waals surface area (Å²) in [7, 11) is 0. The molecule has 1 aliphatic rings. The Morgan fingerprint density at radius 3 is 2.39 bits per heavy atom. The third-order valence-corrected chi connectivity index (χ3v) is 4.57. The second kappa shape index (κ2) is 7.68. The Bertz CT molecular complexity index is 1100. The van der Waals surface area contributed by atoms with Crippen LogP contribution in [0.2, 0.25) is 0 Å². The van der Waals surface area contributed by atoms with Crippen molar-refractivity contribution in [1.29, 1.82) is 5.26 Å². The molecule has 0 fully saturated rings. The molecule has 0 spiro atoms.